The molecule has 1 aromatic carbocycles. The van der Waals surface area contributed by atoms with Crippen LogP contribution < -0.4 is 15.7 Å². The van der Waals surface area contributed by atoms with Crippen molar-refractivity contribution < 1.29 is 18.9 Å². The van der Waals surface area contributed by atoms with Gasteiger partial charge in [-0.05, 0) is 24.3 Å². The fourth-order valence-electron chi connectivity index (χ4n) is 1.52. The van der Waals surface area contributed by atoms with Crippen LogP contribution >= 0.6 is 0 Å². The van der Waals surface area contributed by atoms with E-state index in [1.54, 1.807) is 6.07 Å². The van der Waals surface area contributed by atoms with Crippen molar-refractivity contribution in [1.82, 2.24) is 4.98 Å². The molecule has 0 unspecified atom stereocenters. The molecule has 0 spiro atoms. The third-order valence-electron chi connectivity index (χ3n) is 2.43. The number of nitrogens with two attached hydrogens (primary N) is 1. The molecule has 2 aromatic rings. The number of nitrogens with one attached hydrogen (secondary N) is 1. The summed E-state index contributed by atoms with van der Waals surface area (Å²) >= 11 is 0. The number of hydrogen-bond donors (Lipinski definition) is 3. The molecular formula is C12H10BFN3O3. The lowest BCUT2D eigenvalue weighted by Crippen LogP contribution is -2.15. The van der Waals surface area contributed by atoms with E-state index in [2.05, 4.69) is 15.0 Å². The number of carbonyl (C=O) groups is 1. The van der Waals surface area contributed by atoms with Gasteiger partial charge in [-0.2, -0.15) is 0 Å². The molecular weight excluding hydrogens is 264 g/mol. The normalized spacial score (nSPS) is 9.90. The molecule has 0 saturated heterocycles. The highest BCUT2D eigenvalue weighted by Gasteiger charge is 2.12. The first-order chi connectivity index (χ1) is 9.61. The van der Waals surface area contributed by atoms with Crippen LogP contribution in [0.15, 0.2) is 36.4 Å². The van der Waals surface area contributed by atoms with Crippen LogP contribution in [0.25, 0.3) is 0 Å². The highest BCUT2D eigenvalue weighted by atomic mass is 19.1. The smallest absolute Gasteiger partial charge is 0.535 e. The number of benzene rings is 1. The van der Waals surface area contributed by atoms with E-state index in [0.717, 1.165) is 0 Å². The van der Waals surface area contributed by atoms with Gasteiger partial charge in [0.2, 0.25) is 0 Å². The van der Waals surface area contributed by atoms with Crippen LogP contribution in [0.1, 0.15) is 10.4 Å². The maximum Gasteiger partial charge on any atom is 0.569 e. The summed E-state index contributed by atoms with van der Waals surface area (Å²) in [6, 6.07) is 8.39. The summed E-state index contributed by atoms with van der Waals surface area (Å²) in [5.74, 6) is -1.02. The number of halogens is 1. The molecule has 0 aliphatic heterocycles. The van der Waals surface area contributed by atoms with Crippen LogP contribution in [-0.4, -0.2) is 23.6 Å². The molecule has 0 aliphatic rings. The lowest BCUT2D eigenvalue weighted by Gasteiger charge is -2.08. The quantitative estimate of drug-likeness (QED) is 0.721. The van der Waals surface area contributed by atoms with Gasteiger partial charge in [-0.3, -0.25) is 4.79 Å². The average Bonchev–Trinajstić information content (AvgIpc) is 2.42. The van der Waals surface area contributed by atoms with Crippen molar-refractivity contribution in [2.75, 3.05) is 11.1 Å². The van der Waals surface area contributed by atoms with E-state index >= 15 is 0 Å². The monoisotopic (exact) mass is 274 g/mol. The highest BCUT2D eigenvalue weighted by Crippen LogP contribution is 2.21. The van der Waals surface area contributed by atoms with Gasteiger partial charge in [-0.1, -0.05) is 12.1 Å². The molecule has 6 nitrogen and oxygen atoms in total. The van der Waals surface area contributed by atoms with Crippen LogP contribution in [-0.2, 0) is 0 Å². The zero-order valence-electron chi connectivity index (χ0n) is 10.2. The van der Waals surface area contributed by atoms with E-state index in [9.17, 15) is 9.18 Å². The van der Waals surface area contributed by atoms with Gasteiger partial charge in [-0.25, -0.2) is 9.37 Å². The number of aromatic nitrogens is 1. The molecule has 0 atom stereocenters. The number of nitrogen functional groups attached to an aromatic ring is 1. The van der Waals surface area contributed by atoms with Gasteiger partial charge in [0.1, 0.15) is 17.4 Å². The second-order valence-corrected chi connectivity index (χ2v) is 3.74. The maximum absolute atomic E-state index is 13.4. The minimum Gasteiger partial charge on any atom is -0.535 e. The van der Waals surface area contributed by atoms with Crippen molar-refractivity contribution in [2.45, 2.75) is 0 Å². The number of amides is 1. The molecule has 0 saturated carbocycles. The Morgan fingerprint density at radius 3 is 2.75 bits per heavy atom. The Morgan fingerprint density at radius 1 is 1.35 bits per heavy atom. The van der Waals surface area contributed by atoms with E-state index in [0.29, 0.717) is 7.69 Å². The third-order valence-corrected chi connectivity index (χ3v) is 2.43. The van der Waals surface area contributed by atoms with Gasteiger partial charge in [0.25, 0.3) is 5.91 Å². The van der Waals surface area contributed by atoms with Gasteiger partial charge in [0.05, 0.1) is 5.56 Å². The number of hydrogen-bond acceptors (Lipinski definition) is 5. The molecule has 0 bridgehead atoms. The van der Waals surface area contributed by atoms with Crippen molar-refractivity contribution in [3.8, 4) is 5.75 Å². The van der Waals surface area contributed by atoms with Gasteiger partial charge in [0.15, 0.2) is 5.82 Å². The molecule has 0 fully saturated rings. The van der Waals surface area contributed by atoms with Crippen molar-refractivity contribution in [3.63, 3.8) is 0 Å². The Balaban J connectivity index is 2.16. The summed E-state index contributed by atoms with van der Waals surface area (Å²) in [5, 5.41) is 10.9. The summed E-state index contributed by atoms with van der Waals surface area (Å²) < 4.78 is 18.1. The van der Waals surface area contributed by atoms with E-state index in [4.69, 9.17) is 10.8 Å². The maximum atomic E-state index is 13.4. The number of pyridine rings is 1. The fraction of sp³-hybridized carbons (Fsp3) is 0. The molecule has 4 N–H and O–H groups in total. The van der Waals surface area contributed by atoms with Crippen LogP contribution in [0.5, 0.6) is 5.75 Å². The van der Waals surface area contributed by atoms with Crippen LogP contribution in [0.4, 0.5) is 16.0 Å². The molecule has 8 heteroatoms. The summed E-state index contributed by atoms with van der Waals surface area (Å²) in [7, 11) is 0.463. The van der Waals surface area contributed by atoms with E-state index in [-0.39, 0.29) is 22.9 Å². The Bertz CT molecular complexity index is 639. The van der Waals surface area contributed by atoms with E-state index < -0.39 is 11.7 Å². The average molecular weight is 274 g/mol. The largest absolute Gasteiger partial charge is 0.569 e. The SMILES string of the molecule is Nc1nc(NC(=O)c2ccccc2F)ccc1O[B]O. The zero-order valence-corrected chi connectivity index (χ0v) is 10.2. The van der Waals surface area contributed by atoms with Crippen molar-refractivity contribution in [2.24, 2.45) is 0 Å². The topological polar surface area (TPSA) is 97.5 Å². The summed E-state index contributed by atoms with van der Waals surface area (Å²) in [5.41, 5.74) is 5.46. The number of rotatable bonds is 4. The summed E-state index contributed by atoms with van der Waals surface area (Å²) in [4.78, 5) is 15.7. The molecule has 1 heterocycles. The minimum atomic E-state index is -0.641. The van der Waals surface area contributed by atoms with Gasteiger partial charge >= 0.3 is 7.69 Å². The molecule has 1 amide bonds. The molecule has 1 aromatic heterocycles. The first-order valence-electron chi connectivity index (χ1n) is 5.57. The molecule has 1 radical (unpaired) electrons. The number of nitrogens with zero attached hydrogens (tertiary/aromatic N) is 1. The minimum absolute atomic E-state index is 0.0263. The van der Waals surface area contributed by atoms with Gasteiger partial charge in [-0.15, -0.1) is 0 Å². The number of anilines is 2. The predicted molar refractivity (Wildman–Crippen MR) is 71.6 cm³/mol. The molecule has 20 heavy (non-hydrogen) atoms. The van der Waals surface area contributed by atoms with Crippen molar-refractivity contribution >= 4 is 25.2 Å². The lowest BCUT2D eigenvalue weighted by molar-refractivity contribution is 0.102. The Kier molecular flexibility index (Phi) is 4.16. The van der Waals surface area contributed by atoms with E-state index in [1.807, 2.05) is 0 Å². The Labute approximate surface area is 114 Å². The summed E-state index contributed by atoms with van der Waals surface area (Å²) in [6.45, 7) is 0. The second kappa shape index (κ2) is 6.03. The lowest BCUT2D eigenvalue weighted by atomic mass is 10.2. The predicted octanol–water partition coefficient (Wildman–Crippen LogP) is 0.960. The first-order valence-corrected chi connectivity index (χ1v) is 5.57. The van der Waals surface area contributed by atoms with Crippen molar-refractivity contribution in [3.05, 3.63) is 47.8 Å². The van der Waals surface area contributed by atoms with Crippen molar-refractivity contribution in [1.29, 1.82) is 0 Å². The van der Waals surface area contributed by atoms with Crippen LogP contribution in [0.3, 0.4) is 0 Å². The fourth-order valence-corrected chi connectivity index (χ4v) is 1.52. The molecule has 2 rings (SSSR count). The van der Waals surface area contributed by atoms with Gasteiger partial charge < -0.3 is 20.7 Å². The Morgan fingerprint density at radius 2 is 2.10 bits per heavy atom. The Hall–Kier alpha value is -2.61. The standard InChI is InChI=1S/C12H10BFN3O3/c14-8-4-2-1-3-7(8)12(18)17-10-6-5-9(20-13-19)11(15)16-10/h1-6,19H,(H3,15,16,17,18). The third kappa shape index (κ3) is 3.04. The van der Waals surface area contributed by atoms with Crippen LogP contribution in [0, 0.1) is 5.82 Å². The van der Waals surface area contributed by atoms with E-state index in [1.165, 1.54) is 30.3 Å². The van der Waals surface area contributed by atoms with Gasteiger partial charge in [0, 0.05) is 0 Å². The molecule has 0 aliphatic carbocycles. The highest BCUT2D eigenvalue weighted by molar-refractivity contribution is 6.17. The zero-order chi connectivity index (χ0) is 14.5. The molecule has 101 valence electrons. The van der Waals surface area contributed by atoms with Crippen LogP contribution in [0.2, 0.25) is 0 Å². The number of carbonyl (C=O) groups excluding carboxylic acids is 1. The first kappa shape index (κ1) is 13.8. The second-order valence-electron chi connectivity index (χ2n) is 3.74. The summed E-state index contributed by atoms with van der Waals surface area (Å²) in [6.07, 6.45) is 0.